The molecule has 5 rings (SSSR count). The molecule has 0 radical (unpaired) electrons. The second-order valence-corrected chi connectivity index (χ2v) is 10.4. The maximum Gasteiger partial charge on any atom is 0.352 e. The summed E-state index contributed by atoms with van der Waals surface area (Å²) in [7, 11) is 0. The van der Waals surface area contributed by atoms with E-state index in [1.807, 2.05) is 60.7 Å². The molecule has 3 aromatic carbocycles. The van der Waals surface area contributed by atoms with Gasteiger partial charge in [0.15, 0.2) is 12.0 Å². The van der Waals surface area contributed by atoms with Gasteiger partial charge < -0.3 is 15.2 Å². The fourth-order valence-electron chi connectivity index (χ4n) is 4.82. The summed E-state index contributed by atoms with van der Waals surface area (Å²) < 4.78 is 6.00. The van der Waals surface area contributed by atoms with E-state index in [0.29, 0.717) is 16.9 Å². The van der Waals surface area contributed by atoms with E-state index in [2.05, 4.69) is 5.32 Å². The fourth-order valence-corrected chi connectivity index (χ4v) is 6.11. The number of hydrogen-bond acceptors (Lipinski definition) is 6. The van der Waals surface area contributed by atoms with E-state index in [1.54, 1.807) is 37.3 Å². The zero-order valence-corrected chi connectivity index (χ0v) is 21.8. The Morgan fingerprint density at radius 1 is 0.897 bits per heavy atom. The predicted octanol–water partition coefficient (Wildman–Crippen LogP) is 3.86. The van der Waals surface area contributed by atoms with Gasteiger partial charge in [0.05, 0.1) is 0 Å². The first-order chi connectivity index (χ1) is 18.9. The van der Waals surface area contributed by atoms with Crippen molar-refractivity contribution in [1.29, 1.82) is 0 Å². The van der Waals surface area contributed by atoms with Crippen molar-refractivity contribution >= 4 is 35.5 Å². The van der Waals surface area contributed by atoms with Crippen LogP contribution < -0.4 is 5.32 Å². The van der Waals surface area contributed by atoms with Crippen molar-refractivity contribution in [1.82, 2.24) is 10.2 Å². The number of nitrogens with zero attached hydrogens (tertiary/aromatic N) is 1. The summed E-state index contributed by atoms with van der Waals surface area (Å²) >= 11 is 1.37. The third-order valence-electron chi connectivity index (χ3n) is 6.73. The summed E-state index contributed by atoms with van der Waals surface area (Å²) in [4.78, 5) is 53.2. The van der Waals surface area contributed by atoms with Crippen molar-refractivity contribution in [2.75, 3.05) is 5.75 Å². The number of amides is 2. The largest absolute Gasteiger partial charge is 0.477 e. The number of rotatable bonds is 8. The molecule has 0 spiro atoms. The van der Waals surface area contributed by atoms with E-state index >= 15 is 0 Å². The zero-order chi connectivity index (χ0) is 27.5. The number of hydrogen-bond donors (Lipinski definition) is 2. The van der Waals surface area contributed by atoms with Crippen molar-refractivity contribution < 1.29 is 29.0 Å². The minimum Gasteiger partial charge on any atom is -0.477 e. The standard InChI is InChI=1S/C30H26N2O6S/c1-18-17-39-28-23(27(34)32(28)24(18)29(35)36)31-26(33)22(19-11-5-2-6-12-19)30(37)38-25(20-13-7-3-8-14-20)21-15-9-4-10-16-21/h2-16,22-23,25,28H,17H2,1H3,(H,31,33)(H,35,36)/t22?,23?,28-/m0/s1. The fraction of sp³-hybridized carbons (Fsp3) is 0.200. The second-order valence-electron chi connectivity index (χ2n) is 9.31. The number of carboxylic acid groups (broad SMARTS) is 1. The molecular formula is C30H26N2O6S. The Labute approximate surface area is 229 Å². The number of benzene rings is 3. The first-order valence-corrected chi connectivity index (χ1v) is 13.4. The van der Waals surface area contributed by atoms with Crippen molar-refractivity contribution in [3.05, 3.63) is 119 Å². The molecule has 2 N–H and O–H groups in total. The monoisotopic (exact) mass is 542 g/mol. The molecular weight excluding hydrogens is 516 g/mol. The first-order valence-electron chi connectivity index (χ1n) is 12.4. The van der Waals surface area contributed by atoms with Gasteiger partial charge in [-0.1, -0.05) is 91.0 Å². The molecule has 2 amide bonds. The Balaban J connectivity index is 1.41. The van der Waals surface area contributed by atoms with Gasteiger partial charge in [0.1, 0.15) is 17.1 Å². The number of aliphatic carboxylic acids is 1. The molecule has 1 saturated heterocycles. The predicted molar refractivity (Wildman–Crippen MR) is 145 cm³/mol. The minimum atomic E-state index is -1.34. The summed E-state index contributed by atoms with van der Waals surface area (Å²) in [6.07, 6.45) is -0.750. The van der Waals surface area contributed by atoms with E-state index in [9.17, 15) is 24.3 Å². The quantitative estimate of drug-likeness (QED) is 0.253. The lowest BCUT2D eigenvalue weighted by molar-refractivity contribution is -0.155. The molecule has 3 aromatic rings. The summed E-state index contributed by atoms with van der Waals surface area (Å²) in [5, 5.41) is 11.7. The number of fused-ring (bicyclic) bond motifs is 1. The second kappa shape index (κ2) is 11.2. The average molecular weight is 543 g/mol. The number of esters is 1. The van der Waals surface area contributed by atoms with Gasteiger partial charge in [0.25, 0.3) is 5.91 Å². The van der Waals surface area contributed by atoms with Gasteiger partial charge in [-0.05, 0) is 29.2 Å². The molecule has 2 aliphatic rings. The zero-order valence-electron chi connectivity index (χ0n) is 21.0. The molecule has 1 fully saturated rings. The Bertz CT molecular complexity index is 1390. The molecule has 0 bridgehead atoms. The van der Waals surface area contributed by atoms with Crippen molar-refractivity contribution in [2.45, 2.75) is 30.4 Å². The maximum atomic E-state index is 13.7. The van der Waals surface area contributed by atoms with Crippen LogP contribution in [0.25, 0.3) is 0 Å². The molecule has 0 aliphatic carbocycles. The van der Waals surface area contributed by atoms with Gasteiger partial charge in [-0.25, -0.2) is 4.79 Å². The van der Waals surface area contributed by atoms with Crippen LogP contribution in [0.5, 0.6) is 0 Å². The van der Waals surface area contributed by atoms with Crippen LogP contribution in [0.4, 0.5) is 0 Å². The highest BCUT2D eigenvalue weighted by atomic mass is 32.2. The van der Waals surface area contributed by atoms with Crippen LogP contribution >= 0.6 is 11.8 Å². The third kappa shape index (κ3) is 5.18. The number of ether oxygens (including phenoxy) is 1. The van der Waals surface area contributed by atoms with Crippen molar-refractivity contribution in [3.8, 4) is 0 Å². The van der Waals surface area contributed by atoms with Crippen molar-refractivity contribution in [3.63, 3.8) is 0 Å². The molecule has 9 heteroatoms. The van der Waals surface area contributed by atoms with Gasteiger partial charge in [0.2, 0.25) is 5.91 Å². The number of β-lactam (4-membered cyclic amide) rings is 1. The van der Waals surface area contributed by atoms with E-state index < -0.39 is 47.2 Å². The highest BCUT2D eigenvalue weighted by Gasteiger charge is 2.54. The molecule has 2 aliphatic heterocycles. The third-order valence-corrected chi connectivity index (χ3v) is 8.15. The van der Waals surface area contributed by atoms with E-state index in [1.165, 1.54) is 16.7 Å². The maximum absolute atomic E-state index is 13.7. The van der Waals surface area contributed by atoms with Gasteiger partial charge in [-0.15, -0.1) is 11.8 Å². The van der Waals surface area contributed by atoms with Crippen LogP contribution in [-0.2, 0) is 23.9 Å². The number of carboxylic acids is 1. The van der Waals surface area contributed by atoms with Crippen LogP contribution in [0.3, 0.4) is 0 Å². The number of thioether (sulfide) groups is 1. The molecule has 198 valence electrons. The van der Waals surface area contributed by atoms with Crippen LogP contribution in [-0.4, -0.2) is 50.9 Å². The lowest BCUT2D eigenvalue weighted by Crippen LogP contribution is -2.71. The number of carbonyl (C=O) groups excluding carboxylic acids is 3. The van der Waals surface area contributed by atoms with Crippen LogP contribution in [0.15, 0.2) is 102 Å². The number of carbonyl (C=O) groups is 4. The molecule has 3 atom stereocenters. The lowest BCUT2D eigenvalue weighted by Gasteiger charge is -2.49. The molecule has 8 nitrogen and oxygen atoms in total. The van der Waals surface area contributed by atoms with Crippen LogP contribution in [0.2, 0.25) is 0 Å². The van der Waals surface area contributed by atoms with Crippen LogP contribution in [0.1, 0.15) is 35.6 Å². The van der Waals surface area contributed by atoms with E-state index in [4.69, 9.17) is 4.74 Å². The summed E-state index contributed by atoms with van der Waals surface area (Å²) in [6, 6.07) is 26.1. The Morgan fingerprint density at radius 2 is 1.41 bits per heavy atom. The minimum absolute atomic E-state index is 0.0539. The molecule has 2 heterocycles. The molecule has 2 unspecified atom stereocenters. The average Bonchev–Trinajstić information content (AvgIpc) is 2.96. The molecule has 0 saturated carbocycles. The van der Waals surface area contributed by atoms with Gasteiger partial charge >= 0.3 is 11.9 Å². The van der Waals surface area contributed by atoms with Gasteiger partial charge in [-0.3, -0.25) is 19.3 Å². The SMILES string of the molecule is CC1=C(C(=O)O)N2C(=O)C(NC(=O)C(C(=O)OC(c3ccccc3)c3ccccc3)c3ccccc3)[C@@H]2SC1. The van der Waals surface area contributed by atoms with E-state index in [0.717, 1.165) is 11.1 Å². The Hall–Kier alpha value is -4.37. The lowest BCUT2D eigenvalue weighted by atomic mass is 9.95. The normalized spacial score (nSPS) is 19.1. The number of nitrogens with one attached hydrogen (secondary N) is 1. The Morgan fingerprint density at radius 3 is 1.92 bits per heavy atom. The summed E-state index contributed by atoms with van der Waals surface area (Å²) in [5.41, 5.74) is 2.44. The topological polar surface area (TPSA) is 113 Å². The summed E-state index contributed by atoms with van der Waals surface area (Å²) in [5.74, 6) is -4.08. The highest BCUT2D eigenvalue weighted by Crippen LogP contribution is 2.40. The van der Waals surface area contributed by atoms with Gasteiger partial charge in [0, 0.05) is 5.75 Å². The smallest absolute Gasteiger partial charge is 0.352 e. The van der Waals surface area contributed by atoms with Crippen molar-refractivity contribution in [2.24, 2.45) is 0 Å². The van der Waals surface area contributed by atoms with Crippen LogP contribution in [0, 0.1) is 0 Å². The Kier molecular flexibility index (Phi) is 7.51. The van der Waals surface area contributed by atoms with Gasteiger partial charge in [-0.2, -0.15) is 0 Å². The molecule has 39 heavy (non-hydrogen) atoms. The van der Waals surface area contributed by atoms with E-state index in [-0.39, 0.29) is 5.70 Å². The first kappa shape index (κ1) is 26.2. The molecule has 0 aromatic heterocycles. The summed E-state index contributed by atoms with van der Waals surface area (Å²) in [6.45, 7) is 1.67. The highest BCUT2D eigenvalue weighted by molar-refractivity contribution is 8.00.